The number of rotatable bonds is 4. The summed E-state index contributed by atoms with van der Waals surface area (Å²) in [5.41, 5.74) is 5.60. The van der Waals surface area contributed by atoms with E-state index in [1.54, 1.807) is 11.3 Å². The van der Waals surface area contributed by atoms with Crippen molar-refractivity contribution in [2.75, 3.05) is 0 Å². The Morgan fingerprint density at radius 1 is 1.14 bits per heavy atom. The average molecular weight is 388 g/mol. The zero-order valence-electron chi connectivity index (χ0n) is 15.0. The minimum atomic E-state index is 0.0130. The molecule has 8 heteroatoms. The molecule has 0 unspecified atom stereocenters. The van der Waals surface area contributed by atoms with Gasteiger partial charge in [-0.2, -0.15) is 10.2 Å². The molecule has 7 nitrogen and oxygen atoms in total. The first kappa shape index (κ1) is 16.8. The summed E-state index contributed by atoms with van der Waals surface area (Å²) in [6.45, 7) is 2.01. The Morgan fingerprint density at radius 2 is 2.00 bits per heavy atom. The number of aromatic nitrogens is 6. The lowest BCUT2D eigenvalue weighted by Gasteiger charge is -2.01. The van der Waals surface area contributed by atoms with Gasteiger partial charge in [0, 0.05) is 11.8 Å². The molecule has 5 aromatic rings. The Labute approximate surface area is 164 Å². The van der Waals surface area contributed by atoms with Gasteiger partial charge in [0.15, 0.2) is 5.82 Å². The van der Waals surface area contributed by atoms with Gasteiger partial charge in [-0.25, -0.2) is 14.5 Å². The Morgan fingerprint density at radius 3 is 2.75 bits per heavy atom. The molecule has 4 heterocycles. The minimum absolute atomic E-state index is 0.0130. The van der Waals surface area contributed by atoms with E-state index in [0.29, 0.717) is 5.82 Å². The summed E-state index contributed by atoms with van der Waals surface area (Å²) in [4.78, 5) is 10.2. The Kier molecular flexibility index (Phi) is 4.00. The standard InChI is InChI=1S/C20H16N6OS/c1-12-16(15-4-2-3-9-26(15)25-12)20-23-17(14-7-5-13(10-27)6-8-14)18(28-20)19-21-11-22-24-19/h2-9,11,27H,10H2,1H3,(H,21,22,24). The molecule has 0 aliphatic heterocycles. The molecule has 1 aromatic carbocycles. The predicted octanol–water partition coefficient (Wildman–Crippen LogP) is 3.71. The predicted molar refractivity (Wildman–Crippen MR) is 108 cm³/mol. The highest BCUT2D eigenvalue weighted by Crippen LogP contribution is 2.41. The Balaban J connectivity index is 1.73. The minimum Gasteiger partial charge on any atom is -0.392 e. The van der Waals surface area contributed by atoms with Crippen molar-refractivity contribution in [1.29, 1.82) is 0 Å². The molecule has 0 spiro atoms. The number of hydrogen-bond donors (Lipinski definition) is 2. The topological polar surface area (TPSA) is 92.0 Å². The smallest absolute Gasteiger partial charge is 0.167 e. The van der Waals surface area contributed by atoms with Crippen molar-refractivity contribution in [1.82, 2.24) is 29.8 Å². The van der Waals surface area contributed by atoms with Crippen LogP contribution in [0, 0.1) is 6.92 Å². The highest BCUT2D eigenvalue weighted by Gasteiger charge is 2.21. The monoisotopic (exact) mass is 388 g/mol. The molecule has 0 atom stereocenters. The van der Waals surface area contributed by atoms with Crippen LogP contribution in [0.15, 0.2) is 55.0 Å². The third-order valence-electron chi connectivity index (χ3n) is 4.60. The van der Waals surface area contributed by atoms with Crippen LogP contribution in [0.2, 0.25) is 0 Å². The second-order valence-corrected chi connectivity index (χ2v) is 7.38. The van der Waals surface area contributed by atoms with Crippen molar-refractivity contribution < 1.29 is 5.11 Å². The van der Waals surface area contributed by atoms with Crippen molar-refractivity contribution in [3.05, 3.63) is 66.2 Å². The van der Waals surface area contributed by atoms with Gasteiger partial charge in [0.2, 0.25) is 0 Å². The van der Waals surface area contributed by atoms with E-state index in [2.05, 4.69) is 20.3 Å². The molecule has 5 rings (SSSR count). The number of H-pyrrole nitrogens is 1. The van der Waals surface area contributed by atoms with Gasteiger partial charge in [0.05, 0.1) is 34.0 Å². The molecule has 2 N–H and O–H groups in total. The summed E-state index contributed by atoms with van der Waals surface area (Å²) in [6.07, 6.45) is 3.43. The maximum absolute atomic E-state index is 9.32. The van der Waals surface area contributed by atoms with E-state index in [-0.39, 0.29) is 6.61 Å². The number of thiazole rings is 1. The number of nitrogens with one attached hydrogen (secondary N) is 1. The molecule has 0 amide bonds. The van der Waals surface area contributed by atoms with E-state index >= 15 is 0 Å². The summed E-state index contributed by atoms with van der Waals surface area (Å²) in [6, 6.07) is 13.7. The number of aliphatic hydroxyl groups excluding tert-OH is 1. The molecular formula is C20H16N6OS. The second kappa shape index (κ2) is 6.66. The number of nitrogens with zero attached hydrogens (tertiary/aromatic N) is 5. The number of hydrogen-bond acceptors (Lipinski definition) is 6. The Bertz CT molecular complexity index is 1250. The molecule has 0 radical (unpaired) electrons. The van der Waals surface area contributed by atoms with Crippen LogP contribution in [-0.2, 0) is 6.61 Å². The number of benzene rings is 1. The van der Waals surface area contributed by atoms with Crippen LogP contribution >= 0.6 is 11.3 Å². The molecule has 138 valence electrons. The SMILES string of the molecule is Cc1nn2ccccc2c1-c1nc(-c2ccc(CO)cc2)c(-c2ncn[nH]2)s1. The van der Waals surface area contributed by atoms with Crippen LogP contribution < -0.4 is 0 Å². The molecule has 28 heavy (non-hydrogen) atoms. The summed E-state index contributed by atoms with van der Waals surface area (Å²) >= 11 is 1.56. The van der Waals surface area contributed by atoms with Crippen molar-refractivity contribution in [3.63, 3.8) is 0 Å². The summed E-state index contributed by atoms with van der Waals surface area (Å²) in [5.74, 6) is 0.680. The molecule has 0 bridgehead atoms. The molecule has 0 fully saturated rings. The van der Waals surface area contributed by atoms with E-state index < -0.39 is 0 Å². The number of aliphatic hydroxyl groups is 1. The molecule has 0 aliphatic carbocycles. The average Bonchev–Trinajstić information content (AvgIpc) is 3.45. The fourth-order valence-electron chi connectivity index (χ4n) is 3.25. The Hall–Kier alpha value is -3.36. The van der Waals surface area contributed by atoms with Crippen LogP contribution in [0.5, 0.6) is 0 Å². The lowest BCUT2D eigenvalue weighted by molar-refractivity contribution is 0.282. The van der Waals surface area contributed by atoms with E-state index in [1.807, 2.05) is 60.1 Å². The fourth-order valence-corrected chi connectivity index (χ4v) is 4.39. The van der Waals surface area contributed by atoms with Crippen LogP contribution in [0.3, 0.4) is 0 Å². The summed E-state index contributed by atoms with van der Waals surface area (Å²) < 4.78 is 1.87. The number of fused-ring (bicyclic) bond motifs is 1. The quantitative estimate of drug-likeness (QED) is 0.490. The zero-order valence-corrected chi connectivity index (χ0v) is 15.8. The van der Waals surface area contributed by atoms with E-state index in [9.17, 15) is 5.11 Å². The van der Waals surface area contributed by atoms with E-state index in [4.69, 9.17) is 4.98 Å². The highest BCUT2D eigenvalue weighted by atomic mass is 32.1. The third kappa shape index (κ3) is 2.70. The van der Waals surface area contributed by atoms with Gasteiger partial charge in [-0.05, 0) is 24.6 Å². The molecule has 0 saturated carbocycles. The van der Waals surface area contributed by atoms with Gasteiger partial charge in [0.25, 0.3) is 0 Å². The van der Waals surface area contributed by atoms with Crippen LogP contribution in [0.25, 0.3) is 38.0 Å². The molecule has 0 aliphatic rings. The molecular weight excluding hydrogens is 372 g/mol. The van der Waals surface area contributed by atoms with Gasteiger partial charge in [0.1, 0.15) is 11.3 Å². The van der Waals surface area contributed by atoms with Gasteiger partial charge in [-0.3, -0.25) is 5.10 Å². The molecule has 0 saturated heterocycles. The second-order valence-electron chi connectivity index (χ2n) is 6.38. The number of aryl methyl sites for hydroxylation is 1. The maximum Gasteiger partial charge on any atom is 0.167 e. The van der Waals surface area contributed by atoms with Crippen LogP contribution in [-0.4, -0.2) is 34.9 Å². The molecule has 4 aromatic heterocycles. The van der Waals surface area contributed by atoms with Crippen molar-refractivity contribution >= 4 is 16.9 Å². The van der Waals surface area contributed by atoms with Crippen LogP contribution in [0.1, 0.15) is 11.3 Å². The summed E-state index contributed by atoms with van der Waals surface area (Å²) in [5, 5.41) is 21.7. The number of aromatic amines is 1. The largest absolute Gasteiger partial charge is 0.392 e. The maximum atomic E-state index is 9.32. The first-order chi connectivity index (χ1) is 13.7. The van der Waals surface area contributed by atoms with Crippen LogP contribution in [0.4, 0.5) is 0 Å². The van der Waals surface area contributed by atoms with Crippen molar-refractivity contribution in [2.24, 2.45) is 0 Å². The van der Waals surface area contributed by atoms with Gasteiger partial charge >= 0.3 is 0 Å². The van der Waals surface area contributed by atoms with E-state index in [1.165, 1.54) is 6.33 Å². The lowest BCUT2D eigenvalue weighted by Crippen LogP contribution is -1.87. The van der Waals surface area contributed by atoms with Gasteiger partial charge in [-0.1, -0.05) is 30.3 Å². The van der Waals surface area contributed by atoms with Crippen molar-refractivity contribution in [2.45, 2.75) is 13.5 Å². The summed E-state index contributed by atoms with van der Waals surface area (Å²) in [7, 11) is 0. The van der Waals surface area contributed by atoms with Crippen molar-refractivity contribution in [3.8, 4) is 32.5 Å². The fraction of sp³-hybridized carbons (Fsp3) is 0.100. The first-order valence-corrected chi connectivity index (χ1v) is 9.57. The van der Waals surface area contributed by atoms with Gasteiger partial charge in [-0.15, -0.1) is 11.3 Å². The highest BCUT2D eigenvalue weighted by molar-refractivity contribution is 7.19. The lowest BCUT2D eigenvalue weighted by atomic mass is 10.1. The zero-order chi connectivity index (χ0) is 19.1. The first-order valence-electron chi connectivity index (χ1n) is 8.75. The van der Waals surface area contributed by atoms with E-state index in [0.717, 1.165) is 43.5 Å². The number of pyridine rings is 1. The third-order valence-corrected chi connectivity index (χ3v) is 5.68. The van der Waals surface area contributed by atoms with Gasteiger partial charge < -0.3 is 5.11 Å². The normalized spacial score (nSPS) is 11.4.